The molecule has 10 nitrogen and oxygen atoms in total. The highest BCUT2D eigenvalue weighted by Crippen LogP contribution is 2.51. The Morgan fingerprint density at radius 1 is 0.820 bits per heavy atom. The molecule has 0 unspecified atom stereocenters. The van der Waals surface area contributed by atoms with E-state index in [2.05, 4.69) is 30.3 Å². The third-order valence-corrected chi connectivity index (χ3v) is 11.9. The summed E-state index contributed by atoms with van der Waals surface area (Å²) < 4.78 is 27.6. The molecule has 2 aliphatic carbocycles. The zero-order valence-electron chi connectivity index (χ0n) is 27.7. The Kier molecular flexibility index (Phi) is 11.2. The molecule has 5 aromatic rings. The van der Waals surface area contributed by atoms with Gasteiger partial charge in [0, 0.05) is 34.2 Å². The van der Waals surface area contributed by atoms with E-state index < -0.39 is 0 Å². The number of hydrogen-bond donors (Lipinski definition) is 0. The molecular weight excluding hydrogens is 763 g/mol. The second-order valence-electron chi connectivity index (χ2n) is 11.1. The minimum Gasteiger partial charge on any atom is -0.462 e. The lowest BCUT2D eigenvalue weighted by Crippen LogP contribution is -2.09. The van der Waals surface area contributed by atoms with Crippen LogP contribution in [-0.4, -0.2) is 45.8 Å². The molecule has 0 saturated heterocycles. The van der Waals surface area contributed by atoms with Crippen LogP contribution >= 0.6 is 50.1 Å². The number of esters is 2. The van der Waals surface area contributed by atoms with Gasteiger partial charge in [-0.3, -0.25) is 14.8 Å². The van der Waals surface area contributed by atoms with Gasteiger partial charge in [0.05, 0.1) is 35.0 Å². The van der Waals surface area contributed by atoms with Gasteiger partial charge in [-0.2, -0.15) is 0 Å². The highest BCUT2D eigenvalue weighted by molar-refractivity contribution is 9.15. The summed E-state index contributed by atoms with van der Waals surface area (Å²) in [4.78, 5) is 46.8. The molecule has 7 rings (SSSR count). The normalized spacial score (nSPS) is 12.9. The Labute approximate surface area is 309 Å². The van der Waals surface area contributed by atoms with E-state index in [9.17, 15) is 14.4 Å². The van der Waals surface area contributed by atoms with Crippen molar-refractivity contribution in [2.75, 3.05) is 13.2 Å². The fourth-order valence-electron chi connectivity index (χ4n) is 5.58. The SMILES string of the molecule is CCOC(=O)c1sc(Oc2cccnc2C)c2c1CCC(C=O)=C2Br.CCOC(=O)c1sc(Oc2cccnc2C)c2c1CCc1cnsc1-2. The number of hydrogen-bond acceptors (Lipinski definition) is 13. The fraction of sp³-hybridized carbons (Fsp3) is 0.278. The number of halogens is 1. The van der Waals surface area contributed by atoms with Crippen molar-refractivity contribution in [3.63, 3.8) is 0 Å². The van der Waals surface area contributed by atoms with Crippen molar-refractivity contribution in [1.29, 1.82) is 0 Å². The van der Waals surface area contributed by atoms with Crippen molar-refractivity contribution in [3.05, 3.63) is 91.8 Å². The maximum absolute atomic E-state index is 12.4. The minimum absolute atomic E-state index is 0.283. The average Bonchev–Trinajstić information content (AvgIpc) is 3.83. The van der Waals surface area contributed by atoms with E-state index in [0.717, 1.165) is 57.6 Å². The van der Waals surface area contributed by atoms with Crippen LogP contribution in [-0.2, 0) is 33.5 Å². The minimum atomic E-state index is -0.364. The van der Waals surface area contributed by atoms with Crippen LogP contribution in [0.15, 0.2) is 48.4 Å². The van der Waals surface area contributed by atoms with Gasteiger partial charge in [0.1, 0.15) is 27.5 Å². The molecule has 5 heterocycles. The number of aldehydes is 1. The number of thiophene rings is 2. The van der Waals surface area contributed by atoms with Crippen molar-refractivity contribution < 1.29 is 33.3 Å². The summed E-state index contributed by atoms with van der Waals surface area (Å²) in [6.07, 6.45) is 9.02. The van der Waals surface area contributed by atoms with E-state index in [-0.39, 0.29) is 11.9 Å². The van der Waals surface area contributed by atoms with Crippen molar-refractivity contribution in [1.82, 2.24) is 14.3 Å². The standard InChI is InChI=1S/C18H16BrNO4S.C18H16N2O3S2/c1-3-23-17(22)16-12-7-6-11(9-21)15(19)14(12)18(25-16)24-13-5-4-8-20-10(13)2;1-3-22-17(21)16-12-7-6-11-9-20-25-15(11)14(12)18(24-16)23-13-5-4-8-19-10(13)2/h2*4-5,8-9H,3,6-7H2,1-2H3. The summed E-state index contributed by atoms with van der Waals surface area (Å²) in [6, 6.07) is 7.33. The third-order valence-electron chi connectivity index (χ3n) is 8.00. The molecule has 0 saturated carbocycles. The second-order valence-corrected chi connectivity index (χ2v) is 14.7. The summed E-state index contributed by atoms with van der Waals surface area (Å²) in [5, 5.41) is 1.26. The molecule has 0 atom stereocenters. The highest BCUT2D eigenvalue weighted by Gasteiger charge is 2.32. The maximum Gasteiger partial charge on any atom is 0.348 e. The number of aromatic nitrogens is 3. The molecule has 0 aliphatic heterocycles. The number of pyridine rings is 2. The van der Waals surface area contributed by atoms with Gasteiger partial charge in [-0.15, -0.1) is 0 Å². The Bertz CT molecular complexity index is 2120. The van der Waals surface area contributed by atoms with E-state index in [1.54, 1.807) is 25.4 Å². The molecular formula is C36H32BrN3O7S3. The number of carbonyl (C=O) groups is 3. The van der Waals surface area contributed by atoms with Crippen molar-refractivity contribution in [2.24, 2.45) is 0 Å². The van der Waals surface area contributed by atoms with Gasteiger partial charge >= 0.3 is 11.9 Å². The molecule has 258 valence electrons. The first kappa shape index (κ1) is 35.6. The van der Waals surface area contributed by atoms with Crippen molar-refractivity contribution >= 4 is 72.8 Å². The number of carbonyl (C=O) groups excluding carboxylic acids is 3. The van der Waals surface area contributed by atoms with Gasteiger partial charge in [0.2, 0.25) is 0 Å². The van der Waals surface area contributed by atoms with E-state index in [0.29, 0.717) is 67.5 Å². The lowest BCUT2D eigenvalue weighted by Gasteiger charge is -2.16. The van der Waals surface area contributed by atoms with Crippen LogP contribution in [0.2, 0.25) is 0 Å². The predicted molar refractivity (Wildman–Crippen MR) is 197 cm³/mol. The first-order chi connectivity index (χ1) is 24.2. The van der Waals surface area contributed by atoms with E-state index >= 15 is 0 Å². The summed E-state index contributed by atoms with van der Waals surface area (Å²) in [6.45, 7) is 8.00. The van der Waals surface area contributed by atoms with Crippen molar-refractivity contribution in [2.45, 2.75) is 53.4 Å². The molecule has 50 heavy (non-hydrogen) atoms. The fourth-order valence-corrected chi connectivity index (χ4v) is 9.58. The molecule has 0 bridgehead atoms. The molecule has 0 spiro atoms. The molecule has 0 fully saturated rings. The Hall–Kier alpha value is -4.24. The van der Waals surface area contributed by atoms with Crippen molar-refractivity contribution in [3.8, 4) is 32.1 Å². The molecule has 2 aliphatic rings. The number of nitrogens with zero attached hydrogens (tertiary/aromatic N) is 3. The lowest BCUT2D eigenvalue weighted by molar-refractivity contribution is -0.105. The molecule has 0 aromatic carbocycles. The van der Waals surface area contributed by atoms with Crippen LogP contribution in [0.5, 0.6) is 21.6 Å². The molecule has 14 heteroatoms. The monoisotopic (exact) mass is 793 g/mol. The summed E-state index contributed by atoms with van der Waals surface area (Å²) in [5.41, 5.74) is 7.03. The number of ether oxygens (including phenoxy) is 4. The van der Waals surface area contributed by atoms with Crippen LogP contribution in [0, 0.1) is 13.8 Å². The largest absolute Gasteiger partial charge is 0.462 e. The number of aryl methyl sites for hydroxylation is 3. The van der Waals surface area contributed by atoms with Crippen LogP contribution in [0.3, 0.4) is 0 Å². The van der Waals surface area contributed by atoms with Gasteiger partial charge in [-0.05, 0) is 122 Å². The van der Waals surface area contributed by atoms with E-state index in [4.69, 9.17) is 18.9 Å². The van der Waals surface area contributed by atoms with Crippen LogP contribution in [0.4, 0.5) is 0 Å². The average molecular weight is 795 g/mol. The topological polar surface area (TPSA) is 127 Å². The molecule has 0 amide bonds. The molecule has 5 aromatic heterocycles. The Morgan fingerprint density at radius 2 is 1.36 bits per heavy atom. The number of fused-ring (bicyclic) bond motifs is 4. The maximum atomic E-state index is 12.4. The zero-order valence-corrected chi connectivity index (χ0v) is 31.7. The molecule has 0 N–H and O–H groups in total. The smallest absolute Gasteiger partial charge is 0.348 e. The predicted octanol–water partition coefficient (Wildman–Crippen LogP) is 9.31. The molecule has 0 radical (unpaired) electrons. The Morgan fingerprint density at radius 3 is 1.90 bits per heavy atom. The number of rotatable bonds is 9. The van der Waals surface area contributed by atoms with Crippen LogP contribution in [0.1, 0.15) is 73.3 Å². The van der Waals surface area contributed by atoms with E-state index in [1.165, 1.54) is 39.8 Å². The van der Waals surface area contributed by atoms with Gasteiger partial charge in [-0.25, -0.2) is 14.0 Å². The second kappa shape index (κ2) is 15.8. The van der Waals surface area contributed by atoms with Crippen LogP contribution in [0.25, 0.3) is 14.9 Å². The van der Waals surface area contributed by atoms with E-state index in [1.807, 2.05) is 45.2 Å². The van der Waals surface area contributed by atoms with Gasteiger partial charge in [0.25, 0.3) is 0 Å². The van der Waals surface area contributed by atoms with Gasteiger partial charge in [-0.1, -0.05) is 22.7 Å². The quantitative estimate of drug-likeness (QED) is 0.105. The van der Waals surface area contributed by atoms with Gasteiger partial charge in [0.15, 0.2) is 10.1 Å². The lowest BCUT2D eigenvalue weighted by atomic mass is 9.93. The Balaban J connectivity index is 0.000000173. The first-order valence-corrected chi connectivity index (χ1v) is 19.1. The summed E-state index contributed by atoms with van der Waals surface area (Å²) >= 11 is 7.54. The first-order valence-electron chi connectivity index (χ1n) is 15.9. The zero-order chi connectivity index (χ0) is 35.4. The third kappa shape index (κ3) is 7.15. The summed E-state index contributed by atoms with van der Waals surface area (Å²) in [7, 11) is 0. The number of allylic oxidation sites excluding steroid dienone is 1. The summed E-state index contributed by atoms with van der Waals surface area (Å²) in [5.74, 6) is 0.657. The van der Waals surface area contributed by atoms with Crippen LogP contribution < -0.4 is 9.47 Å². The highest BCUT2D eigenvalue weighted by atomic mass is 79.9. The van der Waals surface area contributed by atoms with Gasteiger partial charge < -0.3 is 18.9 Å².